The molecule has 2 aromatic heterocycles. The van der Waals surface area contributed by atoms with Gasteiger partial charge in [-0.1, -0.05) is 22.8 Å². The largest absolute Gasteiger partial charge is 0.340 e. The van der Waals surface area contributed by atoms with E-state index in [0.717, 1.165) is 24.2 Å². The minimum absolute atomic E-state index is 0.0654. The summed E-state index contributed by atoms with van der Waals surface area (Å²) in [4.78, 5) is 25.0. The van der Waals surface area contributed by atoms with Gasteiger partial charge in [-0.25, -0.2) is 4.39 Å². The average Bonchev–Trinajstić information content (AvgIpc) is 3.24. The number of piperazine rings is 1. The number of carbonyl (C=O) groups excluding carboxylic acids is 1. The fourth-order valence-electron chi connectivity index (χ4n) is 3.39. The number of halogens is 2. The second-order valence-corrected chi connectivity index (χ2v) is 7.55. The van der Waals surface area contributed by atoms with Gasteiger partial charge in [0, 0.05) is 68.5 Å². The molecule has 0 N–H and O–H groups in total. The lowest BCUT2D eigenvalue weighted by Gasteiger charge is -2.35. The van der Waals surface area contributed by atoms with Crippen molar-refractivity contribution in [2.45, 2.75) is 19.4 Å². The van der Waals surface area contributed by atoms with E-state index in [1.165, 1.54) is 12.1 Å². The Morgan fingerprint density at radius 3 is 2.77 bits per heavy atom. The summed E-state index contributed by atoms with van der Waals surface area (Å²) in [6.07, 6.45) is 4.06. The highest BCUT2D eigenvalue weighted by Crippen LogP contribution is 2.20. The first kappa shape index (κ1) is 20.4. The van der Waals surface area contributed by atoms with Crippen LogP contribution in [0.1, 0.15) is 17.9 Å². The Morgan fingerprint density at radius 1 is 1.20 bits per heavy atom. The van der Waals surface area contributed by atoms with Gasteiger partial charge in [-0.3, -0.25) is 14.7 Å². The van der Waals surface area contributed by atoms with Crippen molar-refractivity contribution in [1.82, 2.24) is 24.9 Å². The molecule has 4 rings (SSSR count). The molecule has 3 heterocycles. The van der Waals surface area contributed by atoms with Crippen molar-refractivity contribution >= 4 is 17.5 Å². The van der Waals surface area contributed by atoms with Gasteiger partial charge in [0.1, 0.15) is 5.82 Å². The maximum Gasteiger partial charge on any atom is 0.227 e. The Kier molecular flexibility index (Phi) is 6.35. The first-order chi connectivity index (χ1) is 14.6. The number of hydrogen-bond donors (Lipinski definition) is 0. The third kappa shape index (κ3) is 5.01. The fraction of sp³-hybridized carbons (Fsp3) is 0.333. The third-order valence-corrected chi connectivity index (χ3v) is 5.43. The molecule has 0 radical (unpaired) electrons. The van der Waals surface area contributed by atoms with Crippen LogP contribution >= 0.6 is 11.6 Å². The van der Waals surface area contributed by atoms with Gasteiger partial charge in [-0.05, 0) is 29.8 Å². The van der Waals surface area contributed by atoms with E-state index >= 15 is 0 Å². The second kappa shape index (κ2) is 9.32. The van der Waals surface area contributed by atoms with E-state index in [0.29, 0.717) is 49.2 Å². The van der Waals surface area contributed by atoms with E-state index in [-0.39, 0.29) is 11.7 Å². The van der Waals surface area contributed by atoms with Crippen molar-refractivity contribution in [3.63, 3.8) is 0 Å². The molecule has 1 saturated heterocycles. The molecular weight excluding hydrogens is 409 g/mol. The van der Waals surface area contributed by atoms with Gasteiger partial charge in [0.15, 0.2) is 0 Å². The van der Waals surface area contributed by atoms with Crippen molar-refractivity contribution in [3.8, 4) is 11.4 Å². The minimum Gasteiger partial charge on any atom is -0.340 e. The summed E-state index contributed by atoms with van der Waals surface area (Å²) < 4.78 is 18.4. The lowest BCUT2D eigenvalue weighted by molar-refractivity contribution is -0.133. The lowest BCUT2D eigenvalue weighted by atomic mass is 10.2. The zero-order chi connectivity index (χ0) is 20.9. The number of rotatable bonds is 6. The lowest BCUT2D eigenvalue weighted by Crippen LogP contribution is -2.48. The van der Waals surface area contributed by atoms with Gasteiger partial charge >= 0.3 is 0 Å². The molecule has 1 amide bonds. The standard InChI is InChI=1S/C21H21ClFN5O2/c22-18-12-17(23)4-3-16(18)14-27-8-10-28(11-9-27)20(29)6-5-19-25-21(26-30-19)15-2-1-7-24-13-15/h1-4,7,12-13H,5-6,8-11,14H2. The third-order valence-electron chi connectivity index (χ3n) is 5.07. The Bertz CT molecular complexity index is 1010. The summed E-state index contributed by atoms with van der Waals surface area (Å²) in [6.45, 7) is 3.40. The predicted octanol–water partition coefficient (Wildman–Crippen LogP) is 3.20. The molecule has 0 saturated carbocycles. The second-order valence-electron chi connectivity index (χ2n) is 7.15. The molecule has 1 aliphatic rings. The van der Waals surface area contributed by atoms with Crippen LogP contribution in [0, 0.1) is 5.82 Å². The van der Waals surface area contributed by atoms with E-state index < -0.39 is 0 Å². The highest BCUT2D eigenvalue weighted by Gasteiger charge is 2.22. The average molecular weight is 430 g/mol. The number of hydrogen-bond acceptors (Lipinski definition) is 6. The van der Waals surface area contributed by atoms with Crippen LogP contribution in [0.5, 0.6) is 0 Å². The van der Waals surface area contributed by atoms with E-state index in [4.69, 9.17) is 16.1 Å². The topological polar surface area (TPSA) is 75.4 Å². The number of nitrogens with zero attached hydrogens (tertiary/aromatic N) is 5. The molecule has 0 aliphatic carbocycles. The van der Waals surface area contributed by atoms with Gasteiger partial charge in [0.05, 0.1) is 0 Å². The highest BCUT2D eigenvalue weighted by atomic mass is 35.5. The Hall–Kier alpha value is -2.84. The van der Waals surface area contributed by atoms with Gasteiger partial charge < -0.3 is 9.42 Å². The summed E-state index contributed by atoms with van der Waals surface area (Å²) in [6, 6.07) is 8.11. The molecule has 1 aromatic carbocycles. The van der Waals surface area contributed by atoms with Gasteiger partial charge in [-0.15, -0.1) is 0 Å². The first-order valence-corrected chi connectivity index (χ1v) is 10.1. The molecule has 3 aromatic rings. The van der Waals surface area contributed by atoms with Crippen LogP contribution in [0.4, 0.5) is 4.39 Å². The van der Waals surface area contributed by atoms with E-state index in [2.05, 4.69) is 20.0 Å². The molecule has 0 bridgehead atoms. The van der Waals surface area contributed by atoms with Crippen LogP contribution in [0.25, 0.3) is 11.4 Å². The van der Waals surface area contributed by atoms with Crippen LogP contribution in [-0.4, -0.2) is 57.0 Å². The Morgan fingerprint density at radius 2 is 2.03 bits per heavy atom. The number of benzene rings is 1. The molecule has 1 fully saturated rings. The molecule has 0 atom stereocenters. The van der Waals surface area contributed by atoms with E-state index in [1.807, 2.05) is 11.0 Å². The van der Waals surface area contributed by atoms with Crippen molar-refractivity contribution in [3.05, 3.63) is 65.0 Å². The maximum absolute atomic E-state index is 13.2. The van der Waals surface area contributed by atoms with Crippen molar-refractivity contribution in [2.75, 3.05) is 26.2 Å². The van der Waals surface area contributed by atoms with Gasteiger partial charge in [0.25, 0.3) is 0 Å². The van der Waals surface area contributed by atoms with E-state index in [1.54, 1.807) is 24.5 Å². The van der Waals surface area contributed by atoms with Crippen molar-refractivity contribution < 1.29 is 13.7 Å². The Balaban J connectivity index is 1.24. The molecule has 30 heavy (non-hydrogen) atoms. The molecule has 9 heteroatoms. The van der Waals surface area contributed by atoms with Crippen LogP contribution in [-0.2, 0) is 17.8 Å². The van der Waals surface area contributed by atoms with Crippen LogP contribution in [0.3, 0.4) is 0 Å². The van der Waals surface area contributed by atoms with Crippen molar-refractivity contribution in [1.29, 1.82) is 0 Å². The van der Waals surface area contributed by atoms with Gasteiger partial charge in [-0.2, -0.15) is 4.98 Å². The quantitative estimate of drug-likeness (QED) is 0.599. The normalized spacial score (nSPS) is 14.8. The maximum atomic E-state index is 13.2. The number of pyridine rings is 1. The molecule has 7 nitrogen and oxygen atoms in total. The zero-order valence-corrected chi connectivity index (χ0v) is 17.1. The highest BCUT2D eigenvalue weighted by molar-refractivity contribution is 6.31. The monoisotopic (exact) mass is 429 g/mol. The summed E-state index contributed by atoms with van der Waals surface area (Å²) >= 11 is 6.11. The number of carbonyl (C=O) groups is 1. The molecule has 1 aliphatic heterocycles. The van der Waals surface area contributed by atoms with Crippen molar-refractivity contribution in [2.24, 2.45) is 0 Å². The minimum atomic E-state index is -0.340. The number of aromatic nitrogens is 3. The molecule has 0 unspecified atom stereocenters. The number of aryl methyl sites for hydroxylation is 1. The SMILES string of the molecule is O=C(CCc1nc(-c2cccnc2)no1)N1CCN(Cc2ccc(F)cc2Cl)CC1. The summed E-state index contributed by atoms with van der Waals surface area (Å²) in [7, 11) is 0. The zero-order valence-electron chi connectivity index (χ0n) is 16.3. The van der Waals surface area contributed by atoms with Crippen LogP contribution < -0.4 is 0 Å². The summed E-state index contributed by atoms with van der Waals surface area (Å²) in [5.74, 6) is 0.633. The summed E-state index contributed by atoms with van der Waals surface area (Å²) in [5, 5.41) is 4.38. The molecular formula is C21H21ClFN5O2. The molecule has 0 spiro atoms. The Labute approximate surface area is 178 Å². The molecule has 156 valence electrons. The first-order valence-electron chi connectivity index (χ1n) is 9.75. The fourth-order valence-corrected chi connectivity index (χ4v) is 3.61. The van der Waals surface area contributed by atoms with Gasteiger partial charge in [0.2, 0.25) is 17.6 Å². The van der Waals surface area contributed by atoms with Crippen LogP contribution in [0.15, 0.2) is 47.2 Å². The smallest absolute Gasteiger partial charge is 0.227 e. The summed E-state index contributed by atoms with van der Waals surface area (Å²) in [5.41, 5.74) is 1.66. The van der Waals surface area contributed by atoms with E-state index in [9.17, 15) is 9.18 Å². The number of amides is 1. The predicted molar refractivity (Wildman–Crippen MR) is 109 cm³/mol. The van der Waals surface area contributed by atoms with Crippen LogP contribution in [0.2, 0.25) is 5.02 Å².